The SMILES string of the molecule is CCOC(=O)c1c(-c2ccc(C)c(C)c2)csc1NC(=O)/C=C/c1ccc(OC)cc1. The number of amides is 1. The standard InChI is InChI=1S/C25H25NO4S/c1-5-30-25(28)23-21(19-10-6-16(2)17(3)14-19)15-31-24(23)26-22(27)13-9-18-7-11-20(29-4)12-8-18/h6-15H,5H2,1-4H3,(H,26,27)/b13-9+. The van der Waals surface area contributed by atoms with E-state index in [-0.39, 0.29) is 12.5 Å². The molecular formula is C25H25NO4S. The molecule has 0 atom stereocenters. The number of hydrogen-bond acceptors (Lipinski definition) is 5. The van der Waals surface area contributed by atoms with E-state index in [1.165, 1.54) is 23.0 Å². The van der Waals surface area contributed by atoms with Crippen LogP contribution >= 0.6 is 11.3 Å². The Labute approximate surface area is 186 Å². The number of esters is 1. The van der Waals surface area contributed by atoms with Crippen molar-refractivity contribution in [3.63, 3.8) is 0 Å². The summed E-state index contributed by atoms with van der Waals surface area (Å²) in [4.78, 5) is 25.2. The quantitative estimate of drug-likeness (QED) is 0.372. The zero-order valence-electron chi connectivity index (χ0n) is 18.0. The number of methoxy groups -OCH3 is 1. The molecule has 0 bridgehead atoms. The molecule has 3 aromatic rings. The number of carbonyl (C=O) groups excluding carboxylic acids is 2. The van der Waals surface area contributed by atoms with E-state index >= 15 is 0 Å². The molecule has 1 amide bonds. The van der Waals surface area contributed by atoms with Crippen LogP contribution in [0.15, 0.2) is 53.9 Å². The number of rotatable bonds is 7. The van der Waals surface area contributed by atoms with Crippen LogP contribution in [0.3, 0.4) is 0 Å². The van der Waals surface area contributed by atoms with E-state index in [9.17, 15) is 9.59 Å². The maximum absolute atomic E-state index is 12.7. The number of ether oxygens (including phenoxy) is 2. The van der Waals surface area contributed by atoms with Gasteiger partial charge in [-0.1, -0.05) is 30.3 Å². The lowest BCUT2D eigenvalue weighted by Crippen LogP contribution is -2.12. The van der Waals surface area contributed by atoms with Gasteiger partial charge in [-0.15, -0.1) is 11.3 Å². The summed E-state index contributed by atoms with van der Waals surface area (Å²) in [5, 5.41) is 5.17. The van der Waals surface area contributed by atoms with Crippen molar-refractivity contribution in [1.29, 1.82) is 0 Å². The van der Waals surface area contributed by atoms with E-state index in [2.05, 4.69) is 5.32 Å². The lowest BCUT2D eigenvalue weighted by Gasteiger charge is -2.09. The first kappa shape index (κ1) is 22.3. The molecule has 31 heavy (non-hydrogen) atoms. The second-order valence-electron chi connectivity index (χ2n) is 6.97. The molecule has 0 aliphatic heterocycles. The third kappa shape index (κ3) is 5.41. The van der Waals surface area contributed by atoms with Gasteiger partial charge < -0.3 is 14.8 Å². The highest BCUT2D eigenvalue weighted by Crippen LogP contribution is 2.37. The van der Waals surface area contributed by atoms with Gasteiger partial charge in [-0.05, 0) is 61.2 Å². The normalized spacial score (nSPS) is 10.8. The molecule has 0 radical (unpaired) electrons. The smallest absolute Gasteiger partial charge is 0.341 e. The molecule has 5 nitrogen and oxygen atoms in total. The Hall–Kier alpha value is -3.38. The van der Waals surface area contributed by atoms with Crippen molar-refractivity contribution in [2.45, 2.75) is 20.8 Å². The number of nitrogens with one attached hydrogen (secondary N) is 1. The van der Waals surface area contributed by atoms with Crippen molar-refractivity contribution in [1.82, 2.24) is 0 Å². The second kappa shape index (κ2) is 10.1. The molecule has 0 spiro atoms. The molecule has 1 aromatic heterocycles. The van der Waals surface area contributed by atoms with Crippen molar-refractivity contribution in [2.75, 3.05) is 19.0 Å². The summed E-state index contributed by atoms with van der Waals surface area (Å²) < 4.78 is 10.4. The fraction of sp³-hybridized carbons (Fsp3) is 0.200. The molecule has 160 valence electrons. The van der Waals surface area contributed by atoms with E-state index < -0.39 is 5.97 Å². The molecule has 1 heterocycles. The molecular weight excluding hydrogens is 410 g/mol. The Morgan fingerprint density at radius 3 is 2.45 bits per heavy atom. The maximum atomic E-state index is 12.7. The van der Waals surface area contributed by atoms with E-state index in [4.69, 9.17) is 9.47 Å². The fourth-order valence-corrected chi connectivity index (χ4v) is 3.98. The number of thiophene rings is 1. The van der Waals surface area contributed by atoms with Crippen LogP contribution < -0.4 is 10.1 Å². The van der Waals surface area contributed by atoms with Crippen LogP contribution in [0, 0.1) is 13.8 Å². The minimum atomic E-state index is -0.452. The van der Waals surface area contributed by atoms with Crippen LogP contribution in [-0.2, 0) is 9.53 Å². The highest BCUT2D eigenvalue weighted by molar-refractivity contribution is 7.15. The molecule has 0 fully saturated rings. The van der Waals surface area contributed by atoms with Gasteiger partial charge in [0.1, 0.15) is 16.3 Å². The van der Waals surface area contributed by atoms with Crippen molar-refractivity contribution < 1.29 is 19.1 Å². The number of carbonyl (C=O) groups is 2. The third-order valence-electron chi connectivity index (χ3n) is 4.87. The van der Waals surface area contributed by atoms with Crippen LogP contribution in [0.4, 0.5) is 5.00 Å². The Kier molecular flexibility index (Phi) is 7.26. The van der Waals surface area contributed by atoms with E-state index in [0.717, 1.165) is 28.0 Å². The molecule has 0 saturated carbocycles. The van der Waals surface area contributed by atoms with Crippen LogP contribution in [0.25, 0.3) is 17.2 Å². The van der Waals surface area contributed by atoms with Crippen molar-refractivity contribution >= 4 is 34.3 Å². The lowest BCUT2D eigenvalue weighted by molar-refractivity contribution is -0.111. The summed E-state index contributed by atoms with van der Waals surface area (Å²) in [6.07, 6.45) is 3.14. The minimum Gasteiger partial charge on any atom is -0.497 e. The van der Waals surface area contributed by atoms with Gasteiger partial charge in [0, 0.05) is 17.0 Å². The average Bonchev–Trinajstić information content (AvgIpc) is 3.18. The summed E-state index contributed by atoms with van der Waals surface area (Å²) in [7, 11) is 1.60. The highest BCUT2D eigenvalue weighted by Gasteiger charge is 2.22. The van der Waals surface area contributed by atoms with E-state index in [1.54, 1.807) is 20.1 Å². The summed E-state index contributed by atoms with van der Waals surface area (Å²) in [5.41, 5.74) is 5.21. The summed E-state index contributed by atoms with van der Waals surface area (Å²) >= 11 is 1.31. The number of hydrogen-bond donors (Lipinski definition) is 1. The topological polar surface area (TPSA) is 64.6 Å². The first-order valence-corrected chi connectivity index (χ1v) is 10.8. The predicted molar refractivity (Wildman–Crippen MR) is 126 cm³/mol. The zero-order valence-corrected chi connectivity index (χ0v) is 18.8. The zero-order chi connectivity index (χ0) is 22.4. The third-order valence-corrected chi connectivity index (χ3v) is 5.76. The molecule has 0 unspecified atom stereocenters. The Morgan fingerprint density at radius 1 is 1.06 bits per heavy atom. The predicted octanol–water partition coefficient (Wildman–Crippen LogP) is 5.87. The molecule has 0 aliphatic carbocycles. The van der Waals surface area contributed by atoms with Crippen LogP contribution in [0.5, 0.6) is 5.75 Å². The molecule has 0 aliphatic rings. The first-order chi connectivity index (χ1) is 14.9. The average molecular weight is 436 g/mol. The summed E-state index contributed by atoms with van der Waals surface area (Å²) in [5.74, 6) is -0.0283. The Balaban J connectivity index is 1.86. The van der Waals surface area contributed by atoms with Gasteiger partial charge >= 0.3 is 5.97 Å². The monoisotopic (exact) mass is 435 g/mol. The summed E-state index contributed by atoms with van der Waals surface area (Å²) in [6, 6.07) is 13.4. The fourth-order valence-electron chi connectivity index (χ4n) is 3.02. The minimum absolute atomic E-state index is 0.256. The van der Waals surface area contributed by atoms with Crippen molar-refractivity contribution in [3.05, 3.63) is 76.2 Å². The largest absolute Gasteiger partial charge is 0.497 e. The maximum Gasteiger partial charge on any atom is 0.341 e. The lowest BCUT2D eigenvalue weighted by atomic mass is 9.99. The van der Waals surface area contributed by atoms with Gasteiger partial charge in [0.25, 0.3) is 0 Å². The Bertz CT molecular complexity index is 1110. The molecule has 1 N–H and O–H groups in total. The number of benzene rings is 2. The molecule has 0 saturated heterocycles. The van der Waals surface area contributed by atoms with Crippen LogP contribution in [0.2, 0.25) is 0 Å². The van der Waals surface area contributed by atoms with Crippen molar-refractivity contribution in [3.8, 4) is 16.9 Å². The second-order valence-corrected chi connectivity index (χ2v) is 7.85. The van der Waals surface area contributed by atoms with Crippen LogP contribution in [-0.4, -0.2) is 25.6 Å². The van der Waals surface area contributed by atoms with E-state index in [1.807, 2.05) is 61.7 Å². The molecule has 3 rings (SSSR count). The van der Waals surface area contributed by atoms with Gasteiger partial charge in [0.2, 0.25) is 5.91 Å². The van der Waals surface area contributed by atoms with Gasteiger partial charge in [-0.2, -0.15) is 0 Å². The number of aryl methyl sites for hydroxylation is 2. The van der Waals surface area contributed by atoms with Crippen molar-refractivity contribution in [2.24, 2.45) is 0 Å². The highest BCUT2D eigenvalue weighted by atomic mass is 32.1. The molecule has 2 aromatic carbocycles. The van der Waals surface area contributed by atoms with Gasteiger partial charge in [-0.3, -0.25) is 4.79 Å². The van der Waals surface area contributed by atoms with Gasteiger partial charge in [0.15, 0.2) is 0 Å². The van der Waals surface area contributed by atoms with Gasteiger partial charge in [0.05, 0.1) is 13.7 Å². The van der Waals surface area contributed by atoms with E-state index in [0.29, 0.717) is 10.6 Å². The first-order valence-electron chi connectivity index (χ1n) is 9.92. The summed E-state index contributed by atoms with van der Waals surface area (Å²) in [6.45, 7) is 6.09. The Morgan fingerprint density at radius 2 is 1.81 bits per heavy atom. The van der Waals surface area contributed by atoms with Gasteiger partial charge in [-0.25, -0.2) is 4.79 Å². The van der Waals surface area contributed by atoms with Crippen LogP contribution in [0.1, 0.15) is 34.0 Å². The molecule has 6 heteroatoms. The number of anilines is 1.